The van der Waals surface area contributed by atoms with Crippen molar-refractivity contribution in [2.24, 2.45) is 0 Å². The van der Waals surface area contributed by atoms with Gasteiger partial charge in [-0.15, -0.1) is 0 Å². The molecule has 0 radical (unpaired) electrons. The standard InChI is InChI=1S/C15H8BrF3N6/c16-11-8-21-14(22-10-3-1-2-9(6-10)7-20)23-13(11)25-5-4-12(24-25)15(17,18)19/h1-6,8H,(H,21,22,23). The van der Waals surface area contributed by atoms with E-state index in [0.29, 0.717) is 15.7 Å². The third-order valence-electron chi connectivity index (χ3n) is 3.07. The molecule has 10 heteroatoms. The van der Waals surface area contributed by atoms with Crippen molar-refractivity contribution in [3.05, 3.63) is 58.5 Å². The molecule has 0 amide bonds. The van der Waals surface area contributed by atoms with Crippen LogP contribution in [0.5, 0.6) is 0 Å². The van der Waals surface area contributed by atoms with Gasteiger partial charge in [0.1, 0.15) is 0 Å². The molecule has 3 rings (SSSR count). The van der Waals surface area contributed by atoms with Gasteiger partial charge in [0.15, 0.2) is 11.5 Å². The number of anilines is 2. The summed E-state index contributed by atoms with van der Waals surface area (Å²) in [6.07, 6.45) is -1.98. The fourth-order valence-electron chi connectivity index (χ4n) is 1.97. The summed E-state index contributed by atoms with van der Waals surface area (Å²) in [5, 5.41) is 15.3. The zero-order valence-electron chi connectivity index (χ0n) is 12.3. The molecule has 0 spiro atoms. The molecule has 1 N–H and O–H groups in total. The second kappa shape index (κ2) is 6.52. The molecule has 0 saturated heterocycles. The summed E-state index contributed by atoms with van der Waals surface area (Å²) in [6.45, 7) is 0. The lowest BCUT2D eigenvalue weighted by atomic mass is 10.2. The normalized spacial score (nSPS) is 11.2. The minimum absolute atomic E-state index is 0.143. The molecular weight excluding hydrogens is 401 g/mol. The molecule has 0 aliphatic rings. The van der Waals surface area contributed by atoms with Gasteiger partial charge in [-0.05, 0) is 40.2 Å². The maximum atomic E-state index is 12.7. The Morgan fingerprint density at radius 3 is 2.72 bits per heavy atom. The second-order valence-electron chi connectivity index (χ2n) is 4.83. The Morgan fingerprint density at radius 1 is 1.24 bits per heavy atom. The van der Waals surface area contributed by atoms with E-state index in [4.69, 9.17) is 5.26 Å². The van der Waals surface area contributed by atoms with Crippen LogP contribution in [-0.2, 0) is 6.18 Å². The summed E-state index contributed by atoms with van der Waals surface area (Å²) in [6, 6.07) is 9.50. The number of hydrogen-bond acceptors (Lipinski definition) is 5. The lowest BCUT2D eigenvalue weighted by molar-refractivity contribution is -0.141. The smallest absolute Gasteiger partial charge is 0.324 e. The van der Waals surface area contributed by atoms with Gasteiger partial charge in [0, 0.05) is 18.1 Å². The first-order valence-electron chi connectivity index (χ1n) is 6.80. The SMILES string of the molecule is N#Cc1cccc(Nc2ncc(Br)c(-n3ccc(C(F)(F)F)n3)n2)c1. The molecule has 0 saturated carbocycles. The summed E-state index contributed by atoms with van der Waals surface area (Å²) in [4.78, 5) is 8.23. The van der Waals surface area contributed by atoms with Crippen molar-refractivity contribution in [3.8, 4) is 11.9 Å². The summed E-state index contributed by atoms with van der Waals surface area (Å²) in [7, 11) is 0. The van der Waals surface area contributed by atoms with Gasteiger partial charge in [0.2, 0.25) is 5.95 Å². The van der Waals surface area contributed by atoms with Crippen LogP contribution in [0.25, 0.3) is 5.82 Å². The highest BCUT2D eigenvalue weighted by molar-refractivity contribution is 9.10. The topological polar surface area (TPSA) is 79.4 Å². The number of halogens is 4. The molecule has 2 heterocycles. The number of alkyl halides is 3. The predicted molar refractivity (Wildman–Crippen MR) is 86.3 cm³/mol. The fourth-order valence-corrected chi connectivity index (χ4v) is 2.34. The van der Waals surface area contributed by atoms with E-state index >= 15 is 0 Å². The molecule has 0 bridgehead atoms. The van der Waals surface area contributed by atoms with Crippen molar-refractivity contribution in [2.75, 3.05) is 5.32 Å². The van der Waals surface area contributed by atoms with E-state index in [0.717, 1.165) is 16.9 Å². The predicted octanol–water partition coefficient (Wildman–Crippen LogP) is 4.06. The number of benzene rings is 1. The Kier molecular flexibility index (Phi) is 4.41. The van der Waals surface area contributed by atoms with Crippen LogP contribution in [0.1, 0.15) is 11.3 Å². The molecule has 25 heavy (non-hydrogen) atoms. The molecule has 0 aliphatic heterocycles. The van der Waals surface area contributed by atoms with Gasteiger partial charge in [-0.3, -0.25) is 0 Å². The van der Waals surface area contributed by atoms with Gasteiger partial charge in [0.05, 0.1) is 16.1 Å². The van der Waals surface area contributed by atoms with Gasteiger partial charge in [0.25, 0.3) is 0 Å². The molecule has 0 fully saturated rings. The molecule has 0 atom stereocenters. The molecule has 6 nitrogen and oxygen atoms in total. The molecule has 126 valence electrons. The summed E-state index contributed by atoms with van der Waals surface area (Å²) >= 11 is 3.20. The van der Waals surface area contributed by atoms with Crippen LogP contribution < -0.4 is 5.32 Å². The quantitative estimate of drug-likeness (QED) is 0.706. The van der Waals surface area contributed by atoms with E-state index in [1.165, 1.54) is 6.20 Å². The monoisotopic (exact) mass is 408 g/mol. The van der Waals surface area contributed by atoms with Crippen molar-refractivity contribution >= 4 is 27.6 Å². The van der Waals surface area contributed by atoms with Gasteiger partial charge >= 0.3 is 6.18 Å². The highest BCUT2D eigenvalue weighted by atomic mass is 79.9. The van der Waals surface area contributed by atoms with Crippen LogP contribution in [0, 0.1) is 11.3 Å². The average Bonchev–Trinajstić information content (AvgIpc) is 3.07. The molecule has 2 aromatic heterocycles. The molecule has 0 aliphatic carbocycles. The summed E-state index contributed by atoms with van der Waals surface area (Å²) in [5.41, 5.74) is 0.00208. The molecule has 1 aromatic carbocycles. The van der Waals surface area contributed by atoms with E-state index in [-0.39, 0.29) is 11.8 Å². The van der Waals surface area contributed by atoms with Crippen molar-refractivity contribution in [3.63, 3.8) is 0 Å². The number of nitriles is 1. The van der Waals surface area contributed by atoms with Crippen molar-refractivity contribution in [1.29, 1.82) is 5.26 Å². The number of rotatable bonds is 3. The van der Waals surface area contributed by atoms with Crippen LogP contribution in [0.3, 0.4) is 0 Å². The maximum Gasteiger partial charge on any atom is 0.435 e. The highest BCUT2D eigenvalue weighted by Gasteiger charge is 2.33. The first kappa shape index (κ1) is 16.9. The summed E-state index contributed by atoms with van der Waals surface area (Å²) < 4.78 is 39.5. The van der Waals surface area contributed by atoms with Crippen molar-refractivity contribution < 1.29 is 13.2 Å². The van der Waals surface area contributed by atoms with Gasteiger partial charge < -0.3 is 5.32 Å². The Morgan fingerprint density at radius 2 is 2.04 bits per heavy atom. The number of nitrogens with zero attached hydrogens (tertiary/aromatic N) is 5. The average molecular weight is 409 g/mol. The number of nitrogens with one attached hydrogen (secondary N) is 1. The Labute approximate surface area is 148 Å². The second-order valence-corrected chi connectivity index (χ2v) is 5.68. The first-order chi connectivity index (χ1) is 11.9. The van der Waals surface area contributed by atoms with Crippen LogP contribution in [-0.4, -0.2) is 19.7 Å². The third-order valence-corrected chi connectivity index (χ3v) is 3.63. The van der Waals surface area contributed by atoms with Crippen LogP contribution in [0.2, 0.25) is 0 Å². The Balaban J connectivity index is 1.93. The number of aromatic nitrogens is 4. The van der Waals surface area contributed by atoms with Crippen molar-refractivity contribution in [1.82, 2.24) is 19.7 Å². The van der Waals surface area contributed by atoms with Crippen LogP contribution >= 0.6 is 15.9 Å². The fraction of sp³-hybridized carbons (Fsp3) is 0.0667. The first-order valence-corrected chi connectivity index (χ1v) is 7.59. The Bertz CT molecular complexity index is 960. The van der Waals surface area contributed by atoms with E-state index in [1.807, 2.05) is 6.07 Å². The molecular formula is C15H8BrF3N6. The van der Waals surface area contributed by atoms with Crippen LogP contribution in [0.15, 0.2) is 47.2 Å². The zero-order valence-corrected chi connectivity index (χ0v) is 13.9. The summed E-state index contributed by atoms with van der Waals surface area (Å²) in [5.74, 6) is 0.293. The molecule has 3 aromatic rings. The highest BCUT2D eigenvalue weighted by Crippen LogP contribution is 2.29. The van der Waals surface area contributed by atoms with Crippen molar-refractivity contribution in [2.45, 2.75) is 6.18 Å². The minimum Gasteiger partial charge on any atom is -0.324 e. The van der Waals surface area contributed by atoms with Crippen LogP contribution in [0.4, 0.5) is 24.8 Å². The Hall–Kier alpha value is -2.93. The molecule has 0 unspecified atom stereocenters. The zero-order chi connectivity index (χ0) is 18.0. The van der Waals surface area contributed by atoms with Gasteiger partial charge in [-0.25, -0.2) is 9.67 Å². The van der Waals surface area contributed by atoms with Gasteiger partial charge in [-0.1, -0.05) is 6.07 Å². The van der Waals surface area contributed by atoms with E-state index in [1.54, 1.807) is 24.3 Å². The minimum atomic E-state index is -4.54. The third kappa shape index (κ3) is 3.77. The number of hydrogen-bond donors (Lipinski definition) is 1. The lowest BCUT2D eigenvalue weighted by Crippen LogP contribution is -2.09. The maximum absolute atomic E-state index is 12.7. The van der Waals surface area contributed by atoms with E-state index < -0.39 is 11.9 Å². The van der Waals surface area contributed by atoms with E-state index in [9.17, 15) is 13.2 Å². The largest absolute Gasteiger partial charge is 0.435 e. The van der Waals surface area contributed by atoms with Gasteiger partial charge in [-0.2, -0.15) is 28.5 Å². The van der Waals surface area contributed by atoms with E-state index in [2.05, 4.69) is 36.3 Å². The lowest BCUT2D eigenvalue weighted by Gasteiger charge is -2.08.